The minimum Gasteiger partial charge on any atom is -0.481 e. The Morgan fingerprint density at radius 2 is 1.78 bits per heavy atom. The van der Waals surface area contributed by atoms with Crippen molar-refractivity contribution in [3.05, 3.63) is 35.9 Å². The maximum absolute atomic E-state index is 13.0. The fraction of sp³-hybridized carbons (Fsp3) is 0.571. The van der Waals surface area contributed by atoms with E-state index in [0.29, 0.717) is 45.3 Å². The Morgan fingerprint density at radius 3 is 2.37 bits per heavy atom. The minimum atomic E-state index is -0.939. The molecule has 1 aromatic carbocycles. The van der Waals surface area contributed by atoms with E-state index in [1.54, 1.807) is 9.80 Å². The van der Waals surface area contributed by atoms with Gasteiger partial charge in [0.2, 0.25) is 11.8 Å². The first-order valence-electron chi connectivity index (χ1n) is 9.87. The molecule has 2 aliphatic heterocycles. The lowest BCUT2D eigenvalue weighted by molar-refractivity contribution is -0.150. The first-order valence-corrected chi connectivity index (χ1v) is 9.87. The van der Waals surface area contributed by atoms with Crippen LogP contribution in [0.2, 0.25) is 0 Å². The fourth-order valence-corrected chi connectivity index (χ4v) is 4.38. The molecule has 2 fully saturated rings. The number of aliphatic carboxylic acids is 1. The average Bonchev–Trinajstić information content (AvgIpc) is 3.18. The van der Waals surface area contributed by atoms with Crippen LogP contribution in [-0.2, 0) is 19.8 Å². The van der Waals surface area contributed by atoms with Crippen LogP contribution in [0.5, 0.6) is 0 Å². The Bertz CT molecular complexity index is 695. The molecule has 1 unspecified atom stereocenters. The van der Waals surface area contributed by atoms with Gasteiger partial charge in [0.1, 0.15) is 6.04 Å². The summed E-state index contributed by atoms with van der Waals surface area (Å²) < 4.78 is 0. The van der Waals surface area contributed by atoms with E-state index in [2.05, 4.69) is 0 Å². The molecule has 2 aliphatic rings. The summed E-state index contributed by atoms with van der Waals surface area (Å²) >= 11 is 0. The predicted octanol–water partition coefficient (Wildman–Crippen LogP) is 2.42. The van der Waals surface area contributed by atoms with E-state index in [1.807, 2.05) is 37.3 Å². The topological polar surface area (TPSA) is 77.9 Å². The first-order chi connectivity index (χ1) is 13.0. The highest BCUT2D eigenvalue weighted by atomic mass is 16.4. The molecule has 1 N–H and O–H groups in total. The molecule has 6 nitrogen and oxygen atoms in total. The van der Waals surface area contributed by atoms with Crippen molar-refractivity contribution in [2.45, 2.75) is 56.9 Å². The zero-order chi connectivity index (χ0) is 19.4. The van der Waals surface area contributed by atoms with Gasteiger partial charge in [-0.05, 0) is 37.7 Å². The number of benzene rings is 1. The van der Waals surface area contributed by atoms with Crippen LogP contribution >= 0.6 is 0 Å². The van der Waals surface area contributed by atoms with E-state index in [9.17, 15) is 19.5 Å². The van der Waals surface area contributed by atoms with Crippen LogP contribution < -0.4 is 0 Å². The molecule has 2 heterocycles. The van der Waals surface area contributed by atoms with Crippen LogP contribution in [0, 0.1) is 0 Å². The van der Waals surface area contributed by atoms with Crippen molar-refractivity contribution in [3.8, 4) is 0 Å². The molecule has 0 bridgehead atoms. The van der Waals surface area contributed by atoms with E-state index in [4.69, 9.17) is 0 Å². The van der Waals surface area contributed by atoms with Crippen molar-refractivity contribution in [3.63, 3.8) is 0 Å². The summed E-state index contributed by atoms with van der Waals surface area (Å²) in [5, 5.41) is 9.90. The third-order valence-electron chi connectivity index (χ3n) is 5.99. The van der Waals surface area contributed by atoms with Crippen molar-refractivity contribution < 1.29 is 19.5 Å². The summed E-state index contributed by atoms with van der Waals surface area (Å²) in [6.45, 7) is 3.43. The Morgan fingerprint density at radius 1 is 1.11 bits per heavy atom. The maximum atomic E-state index is 13.0. The van der Waals surface area contributed by atoms with E-state index in [1.165, 1.54) is 0 Å². The van der Waals surface area contributed by atoms with Crippen LogP contribution in [0.4, 0.5) is 0 Å². The quantitative estimate of drug-likeness (QED) is 0.861. The van der Waals surface area contributed by atoms with Crippen LogP contribution in [0.1, 0.15) is 51.0 Å². The molecule has 2 saturated heterocycles. The van der Waals surface area contributed by atoms with Gasteiger partial charge in [-0.1, -0.05) is 37.3 Å². The smallest absolute Gasteiger partial charge is 0.314 e. The third-order valence-corrected chi connectivity index (χ3v) is 5.99. The van der Waals surface area contributed by atoms with Crippen molar-refractivity contribution in [1.29, 1.82) is 0 Å². The Hall–Kier alpha value is -2.37. The number of carbonyl (C=O) groups is 3. The van der Waals surface area contributed by atoms with E-state index < -0.39 is 11.4 Å². The molecule has 2 amide bonds. The van der Waals surface area contributed by atoms with Gasteiger partial charge >= 0.3 is 5.97 Å². The molecular weight excluding hydrogens is 344 g/mol. The molecule has 0 radical (unpaired) electrons. The van der Waals surface area contributed by atoms with Gasteiger partial charge in [0.15, 0.2) is 0 Å². The van der Waals surface area contributed by atoms with Gasteiger partial charge in [-0.25, -0.2) is 0 Å². The van der Waals surface area contributed by atoms with Crippen LogP contribution in [0.25, 0.3) is 0 Å². The number of carbonyl (C=O) groups excluding carboxylic acids is 2. The Labute approximate surface area is 160 Å². The van der Waals surface area contributed by atoms with E-state index in [-0.39, 0.29) is 17.9 Å². The number of likely N-dealkylation sites (tertiary alicyclic amines) is 2. The Balaban J connectivity index is 1.70. The fourth-order valence-electron chi connectivity index (χ4n) is 4.38. The SMILES string of the molecule is CCCC(=O)N1CCCC1C(=O)N1CCC(C(=O)O)(c2ccccc2)CC1. The lowest BCUT2D eigenvalue weighted by Crippen LogP contribution is -2.53. The number of piperidine rings is 1. The molecule has 1 atom stereocenters. The summed E-state index contributed by atoms with van der Waals surface area (Å²) in [7, 11) is 0. The van der Waals surface area contributed by atoms with Crippen LogP contribution in [0.3, 0.4) is 0 Å². The lowest BCUT2D eigenvalue weighted by Gasteiger charge is -2.40. The summed E-state index contributed by atoms with van der Waals surface area (Å²) in [6, 6.07) is 8.92. The molecule has 0 aromatic heterocycles. The molecule has 1 aromatic rings. The normalized spacial score (nSPS) is 21.9. The minimum absolute atomic E-state index is 0.0241. The monoisotopic (exact) mass is 372 g/mol. The van der Waals surface area contributed by atoms with Crippen molar-refractivity contribution >= 4 is 17.8 Å². The second-order valence-electron chi connectivity index (χ2n) is 7.57. The largest absolute Gasteiger partial charge is 0.481 e. The van der Waals surface area contributed by atoms with Gasteiger partial charge in [-0.2, -0.15) is 0 Å². The van der Waals surface area contributed by atoms with Crippen molar-refractivity contribution in [2.75, 3.05) is 19.6 Å². The molecule has 6 heteroatoms. The average molecular weight is 372 g/mol. The van der Waals surface area contributed by atoms with Gasteiger partial charge in [0.25, 0.3) is 0 Å². The number of hydrogen-bond acceptors (Lipinski definition) is 3. The highest BCUT2D eigenvalue weighted by Crippen LogP contribution is 2.36. The Kier molecular flexibility index (Phi) is 5.82. The second kappa shape index (κ2) is 8.11. The summed E-state index contributed by atoms with van der Waals surface area (Å²) in [4.78, 5) is 40.9. The highest BCUT2D eigenvalue weighted by molar-refractivity contribution is 5.89. The van der Waals surface area contributed by atoms with Crippen LogP contribution in [-0.4, -0.2) is 58.4 Å². The van der Waals surface area contributed by atoms with Gasteiger partial charge in [0.05, 0.1) is 5.41 Å². The van der Waals surface area contributed by atoms with Crippen molar-refractivity contribution in [1.82, 2.24) is 9.80 Å². The van der Waals surface area contributed by atoms with Crippen molar-refractivity contribution in [2.24, 2.45) is 0 Å². The predicted molar refractivity (Wildman–Crippen MR) is 101 cm³/mol. The van der Waals surface area contributed by atoms with Crippen LogP contribution in [0.15, 0.2) is 30.3 Å². The number of hydrogen-bond donors (Lipinski definition) is 1. The molecule has 3 rings (SSSR count). The molecule has 0 spiro atoms. The number of rotatable bonds is 5. The number of carboxylic acids is 1. The van der Waals surface area contributed by atoms with Gasteiger partial charge in [-0.15, -0.1) is 0 Å². The number of amides is 2. The number of carboxylic acid groups (broad SMARTS) is 1. The molecule has 0 saturated carbocycles. The summed E-state index contributed by atoms with van der Waals surface area (Å²) in [5.41, 5.74) is -0.143. The van der Waals surface area contributed by atoms with E-state index in [0.717, 1.165) is 18.4 Å². The molecule has 0 aliphatic carbocycles. The summed E-state index contributed by atoms with van der Waals surface area (Å²) in [6.07, 6.45) is 3.59. The summed E-state index contributed by atoms with van der Waals surface area (Å²) in [5.74, 6) is -0.806. The lowest BCUT2D eigenvalue weighted by atomic mass is 9.72. The maximum Gasteiger partial charge on any atom is 0.314 e. The zero-order valence-corrected chi connectivity index (χ0v) is 15.9. The molecular formula is C21H28N2O4. The van der Waals surface area contributed by atoms with Gasteiger partial charge in [0, 0.05) is 26.1 Å². The third kappa shape index (κ3) is 3.70. The van der Waals surface area contributed by atoms with Gasteiger partial charge < -0.3 is 14.9 Å². The standard InChI is InChI=1S/C21H28N2O4/c1-2-7-18(24)23-13-6-10-17(23)19(25)22-14-11-21(12-15-22,20(26)27)16-8-4-3-5-9-16/h3-5,8-9,17H,2,6-7,10-15H2,1H3,(H,26,27). The van der Waals surface area contributed by atoms with Gasteiger partial charge in [-0.3, -0.25) is 14.4 Å². The number of nitrogens with zero attached hydrogens (tertiary/aromatic N) is 2. The second-order valence-corrected chi connectivity index (χ2v) is 7.57. The molecule has 27 heavy (non-hydrogen) atoms. The molecule has 146 valence electrons. The highest BCUT2D eigenvalue weighted by Gasteiger charge is 2.45. The zero-order valence-electron chi connectivity index (χ0n) is 15.9. The van der Waals surface area contributed by atoms with E-state index >= 15 is 0 Å². The first kappa shape index (κ1) is 19.4.